The van der Waals surface area contributed by atoms with Gasteiger partial charge in [-0.15, -0.1) is 0 Å². The summed E-state index contributed by atoms with van der Waals surface area (Å²) in [5.74, 6) is -0.506. The van der Waals surface area contributed by atoms with E-state index in [1.807, 2.05) is 6.92 Å². The molecular formula is C11H19N3O2S. The molecule has 0 aromatic carbocycles. The number of carbonyl (C=O) groups is 2. The molecule has 0 bridgehead atoms. The molecule has 5 nitrogen and oxygen atoms in total. The van der Waals surface area contributed by atoms with Crippen LogP contribution in [0.15, 0.2) is 0 Å². The van der Waals surface area contributed by atoms with Gasteiger partial charge in [0.1, 0.15) is 0 Å². The maximum Gasteiger partial charge on any atom is 0.312 e. The fourth-order valence-corrected chi connectivity index (χ4v) is 2.15. The Hall–Kier alpha value is -1.17. The van der Waals surface area contributed by atoms with Crippen molar-refractivity contribution in [3.05, 3.63) is 0 Å². The van der Waals surface area contributed by atoms with Gasteiger partial charge in [-0.25, -0.2) is 0 Å². The fraction of sp³-hybridized carbons (Fsp3) is 0.727. The van der Waals surface area contributed by atoms with Gasteiger partial charge >= 0.3 is 11.8 Å². The lowest BCUT2D eigenvalue weighted by atomic mass is 9.93. The molecule has 2 atom stereocenters. The van der Waals surface area contributed by atoms with Crippen molar-refractivity contribution in [3.8, 4) is 0 Å². The number of nitrogens with two attached hydrogens (primary N) is 1. The first-order chi connectivity index (χ1) is 7.91. The zero-order chi connectivity index (χ0) is 13.0. The molecule has 1 aliphatic rings. The Kier molecular flexibility index (Phi) is 4.86. The van der Waals surface area contributed by atoms with Gasteiger partial charge in [-0.3, -0.25) is 9.59 Å². The predicted molar refractivity (Wildman–Crippen MR) is 69.4 cm³/mol. The number of likely N-dealkylation sites (tertiary alicyclic amines) is 1. The SMILES string of the molecule is CC1CCN(C(=O)C(=O)NCC(N)=S)C(C)C1. The highest BCUT2D eigenvalue weighted by Gasteiger charge is 2.30. The van der Waals surface area contributed by atoms with Crippen LogP contribution in [0.1, 0.15) is 26.7 Å². The van der Waals surface area contributed by atoms with Gasteiger partial charge in [0.15, 0.2) is 0 Å². The van der Waals surface area contributed by atoms with E-state index in [0.29, 0.717) is 12.5 Å². The Morgan fingerprint density at radius 3 is 2.65 bits per heavy atom. The summed E-state index contributed by atoms with van der Waals surface area (Å²) in [6, 6.07) is 0.113. The summed E-state index contributed by atoms with van der Waals surface area (Å²) in [4.78, 5) is 25.2. The number of nitrogens with zero attached hydrogens (tertiary/aromatic N) is 1. The predicted octanol–water partition coefficient (Wildman–Crippen LogP) is 0.0357. The second-order valence-electron chi connectivity index (χ2n) is 4.63. The highest BCUT2D eigenvalue weighted by Crippen LogP contribution is 2.21. The van der Waals surface area contributed by atoms with Gasteiger partial charge < -0.3 is 16.0 Å². The zero-order valence-corrected chi connectivity index (χ0v) is 11.0. The van der Waals surface area contributed by atoms with Crippen LogP contribution in [-0.4, -0.2) is 40.8 Å². The largest absolute Gasteiger partial charge is 0.392 e. The van der Waals surface area contributed by atoms with E-state index < -0.39 is 11.8 Å². The topological polar surface area (TPSA) is 75.4 Å². The Balaban J connectivity index is 2.51. The van der Waals surface area contributed by atoms with Crippen molar-refractivity contribution < 1.29 is 9.59 Å². The fourth-order valence-electron chi connectivity index (χ4n) is 2.08. The summed E-state index contributed by atoms with van der Waals surface area (Å²) in [5, 5.41) is 2.41. The molecule has 3 N–H and O–H groups in total. The highest BCUT2D eigenvalue weighted by atomic mass is 32.1. The lowest BCUT2D eigenvalue weighted by Gasteiger charge is -2.35. The third-order valence-corrected chi connectivity index (χ3v) is 3.16. The Labute approximate surface area is 107 Å². The summed E-state index contributed by atoms with van der Waals surface area (Å²) < 4.78 is 0. The van der Waals surface area contributed by atoms with Crippen LogP contribution in [0.25, 0.3) is 0 Å². The van der Waals surface area contributed by atoms with Gasteiger partial charge in [-0.1, -0.05) is 19.1 Å². The van der Waals surface area contributed by atoms with Gasteiger partial charge in [0, 0.05) is 12.6 Å². The van der Waals surface area contributed by atoms with Crippen molar-refractivity contribution in [2.24, 2.45) is 11.7 Å². The molecule has 0 saturated carbocycles. The van der Waals surface area contributed by atoms with Crippen LogP contribution in [0.3, 0.4) is 0 Å². The average Bonchev–Trinajstić information content (AvgIpc) is 2.25. The molecule has 0 spiro atoms. The van der Waals surface area contributed by atoms with Crippen molar-refractivity contribution in [1.82, 2.24) is 10.2 Å². The molecule has 6 heteroatoms. The van der Waals surface area contributed by atoms with Gasteiger partial charge in [0.2, 0.25) is 0 Å². The maximum absolute atomic E-state index is 11.9. The van der Waals surface area contributed by atoms with Crippen LogP contribution >= 0.6 is 12.2 Å². The van der Waals surface area contributed by atoms with Crippen LogP contribution in [0.4, 0.5) is 0 Å². The van der Waals surface area contributed by atoms with E-state index in [1.165, 1.54) is 0 Å². The highest BCUT2D eigenvalue weighted by molar-refractivity contribution is 7.80. The molecule has 96 valence electrons. The van der Waals surface area contributed by atoms with Gasteiger partial charge in [0.05, 0.1) is 11.5 Å². The molecule has 0 radical (unpaired) electrons. The van der Waals surface area contributed by atoms with Crippen LogP contribution in [0.2, 0.25) is 0 Å². The van der Waals surface area contributed by atoms with Crippen molar-refractivity contribution in [2.75, 3.05) is 13.1 Å². The number of carbonyl (C=O) groups excluding carboxylic acids is 2. The Bertz CT molecular complexity index is 333. The standard InChI is InChI=1S/C11H19N3O2S/c1-7-3-4-14(8(2)5-7)11(16)10(15)13-6-9(12)17/h7-8H,3-6H2,1-2H3,(H2,12,17)(H,13,15). The first-order valence-corrected chi connectivity index (χ1v) is 6.19. The van der Waals surface area contributed by atoms with Crippen LogP contribution in [-0.2, 0) is 9.59 Å². The number of thiocarbonyl (C=S) groups is 1. The molecule has 0 aromatic rings. The van der Waals surface area contributed by atoms with Crippen LogP contribution in [0, 0.1) is 5.92 Å². The van der Waals surface area contributed by atoms with Crippen molar-refractivity contribution in [2.45, 2.75) is 32.7 Å². The lowest BCUT2D eigenvalue weighted by Crippen LogP contribution is -2.51. The zero-order valence-electron chi connectivity index (χ0n) is 10.2. The summed E-state index contributed by atoms with van der Waals surface area (Å²) in [5.41, 5.74) is 5.26. The van der Waals surface area contributed by atoms with Gasteiger partial charge in [-0.05, 0) is 25.7 Å². The Morgan fingerprint density at radius 2 is 2.12 bits per heavy atom. The molecule has 1 rings (SSSR count). The Morgan fingerprint density at radius 1 is 1.47 bits per heavy atom. The second-order valence-corrected chi connectivity index (χ2v) is 5.15. The number of piperidine rings is 1. The number of hydrogen-bond donors (Lipinski definition) is 2. The number of rotatable bonds is 2. The molecule has 0 aliphatic carbocycles. The number of nitrogens with one attached hydrogen (secondary N) is 1. The minimum Gasteiger partial charge on any atom is -0.392 e. The third kappa shape index (κ3) is 3.96. The van der Waals surface area contributed by atoms with Crippen molar-refractivity contribution in [1.29, 1.82) is 0 Å². The number of amides is 2. The van der Waals surface area contributed by atoms with E-state index in [0.717, 1.165) is 12.8 Å². The summed E-state index contributed by atoms with van der Waals surface area (Å²) in [6.07, 6.45) is 1.88. The first-order valence-electron chi connectivity index (χ1n) is 5.79. The summed E-state index contributed by atoms with van der Waals surface area (Å²) in [7, 11) is 0. The molecule has 1 heterocycles. The first kappa shape index (κ1) is 13.9. The second kappa shape index (κ2) is 5.95. The van der Waals surface area contributed by atoms with Crippen LogP contribution in [0.5, 0.6) is 0 Å². The molecule has 1 saturated heterocycles. The lowest BCUT2D eigenvalue weighted by molar-refractivity contribution is -0.148. The summed E-state index contributed by atoms with van der Waals surface area (Å²) >= 11 is 4.63. The van der Waals surface area contributed by atoms with E-state index in [9.17, 15) is 9.59 Å². The number of hydrogen-bond acceptors (Lipinski definition) is 3. The molecule has 1 fully saturated rings. The van der Waals surface area contributed by atoms with Crippen molar-refractivity contribution >= 4 is 29.0 Å². The quantitative estimate of drug-likeness (QED) is 0.541. The molecule has 0 aromatic heterocycles. The normalized spacial score (nSPS) is 24.2. The average molecular weight is 257 g/mol. The van der Waals surface area contributed by atoms with Gasteiger partial charge in [0.25, 0.3) is 0 Å². The smallest absolute Gasteiger partial charge is 0.312 e. The van der Waals surface area contributed by atoms with E-state index in [-0.39, 0.29) is 17.6 Å². The molecular weight excluding hydrogens is 238 g/mol. The van der Waals surface area contributed by atoms with E-state index in [2.05, 4.69) is 24.5 Å². The van der Waals surface area contributed by atoms with E-state index in [4.69, 9.17) is 5.73 Å². The van der Waals surface area contributed by atoms with E-state index >= 15 is 0 Å². The maximum atomic E-state index is 11.9. The third-order valence-electron chi connectivity index (χ3n) is 3.02. The molecule has 2 unspecified atom stereocenters. The molecule has 2 amide bonds. The summed E-state index contributed by atoms with van der Waals surface area (Å²) in [6.45, 7) is 4.83. The molecule has 1 aliphatic heterocycles. The minimum atomic E-state index is -0.626. The van der Waals surface area contributed by atoms with Gasteiger partial charge in [-0.2, -0.15) is 0 Å². The van der Waals surface area contributed by atoms with Crippen LogP contribution < -0.4 is 11.1 Å². The molecule has 17 heavy (non-hydrogen) atoms. The monoisotopic (exact) mass is 257 g/mol. The van der Waals surface area contributed by atoms with Crippen molar-refractivity contribution in [3.63, 3.8) is 0 Å². The minimum absolute atomic E-state index is 0.0680. The van der Waals surface area contributed by atoms with E-state index in [1.54, 1.807) is 4.90 Å².